The first-order chi connectivity index (χ1) is 15.2. The van der Waals surface area contributed by atoms with Gasteiger partial charge >= 0.3 is 0 Å². The molecule has 2 heterocycles. The van der Waals surface area contributed by atoms with Gasteiger partial charge in [0, 0.05) is 39.1 Å². The first-order valence-electron chi connectivity index (χ1n) is 10.4. The Bertz CT molecular complexity index is 1060. The number of sulfonamides is 1. The summed E-state index contributed by atoms with van der Waals surface area (Å²) >= 11 is 0. The van der Waals surface area contributed by atoms with Crippen LogP contribution >= 0.6 is 0 Å². The third kappa shape index (κ3) is 4.06. The van der Waals surface area contributed by atoms with Crippen molar-refractivity contribution in [2.24, 2.45) is 11.8 Å². The van der Waals surface area contributed by atoms with Gasteiger partial charge in [0.1, 0.15) is 16.5 Å². The van der Waals surface area contributed by atoms with Gasteiger partial charge in [-0.2, -0.15) is 4.31 Å². The van der Waals surface area contributed by atoms with Crippen molar-refractivity contribution in [1.29, 1.82) is 0 Å². The maximum Gasteiger partial charge on any atom is 0.246 e. The van der Waals surface area contributed by atoms with Crippen molar-refractivity contribution in [3.8, 4) is 0 Å². The fourth-order valence-corrected chi connectivity index (χ4v) is 5.94. The molecule has 2 fully saturated rings. The molecule has 3 aliphatic rings. The Morgan fingerprint density at radius 3 is 2.16 bits per heavy atom. The molecule has 32 heavy (non-hydrogen) atoms. The minimum atomic E-state index is -4.24. The summed E-state index contributed by atoms with van der Waals surface area (Å²) in [7, 11) is -4.24. The van der Waals surface area contributed by atoms with E-state index < -0.39 is 26.6 Å². The monoisotopic (exact) mass is 467 g/mol. The average Bonchev–Trinajstić information content (AvgIpc) is 3.03. The summed E-state index contributed by atoms with van der Waals surface area (Å²) in [5.74, 6) is -3.39. The normalized spacial score (nSPS) is 24.2. The van der Waals surface area contributed by atoms with Crippen LogP contribution < -0.4 is 0 Å². The molecule has 0 N–H and O–H groups in total. The number of nitrogens with zero attached hydrogens (tertiary/aromatic N) is 3. The Hall–Kier alpha value is -2.66. The molecule has 2 atom stereocenters. The quantitative estimate of drug-likeness (QED) is 0.478. The fraction of sp³-hybridized carbons (Fsp3) is 0.476. The summed E-state index contributed by atoms with van der Waals surface area (Å²) in [6, 6.07) is 2.24. The molecule has 0 aromatic heterocycles. The summed E-state index contributed by atoms with van der Waals surface area (Å²) in [5.41, 5.74) is 0. The van der Waals surface area contributed by atoms with E-state index in [1.54, 1.807) is 0 Å². The second-order valence-electron chi connectivity index (χ2n) is 8.09. The molecule has 2 saturated heterocycles. The van der Waals surface area contributed by atoms with E-state index in [-0.39, 0.29) is 68.7 Å². The number of likely N-dealkylation sites (tertiary alicyclic amines) is 1. The molecule has 0 bridgehead atoms. The number of benzene rings is 1. The Kier molecular flexibility index (Phi) is 6.13. The van der Waals surface area contributed by atoms with Crippen molar-refractivity contribution in [3.63, 3.8) is 0 Å². The van der Waals surface area contributed by atoms with Gasteiger partial charge in [-0.05, 0) is 31.0 Å². The lowest BCUT2D eigenvalue weighted by Crippen LogP contribution is -2.51. The predicted molar refractivity (Wildman–Crippen MR) is 108 cm³/mol. The standard InChI is InChI=1S/C21H23F2N3O5S/c22-14-5-6-17(23)18(13-14)32(30,31)25-11-9-24(10-12-25)19(27)7-8-26-20(28)15-3-1-2-4-16(15)21(26)29/h1-2,5-6,13,15-16H,3-4,7-12H2/t15-,16-/m1/s1. The van der Waals surface area contributed by atoms with Gasteiger partial charge in [-0.3, -0.25) is 19.3 Å². The zero-order chi connectivity index (χ0) is 23.0. The number of allylic oxidation sites excluding steroid dienone is 2. The fourth-order valence-electron chi connectivity index (χ4n) is 4.45. The van der Waals surface area contributed by atoms with Crippen LogP contribution in [0.1, 0.15) is 19.3 Å². The van der Waals surface area contributed by atoms with E-state index in [9.17, 15) is 31.6 Å². The SMILES string of the molecule is O=C(CCN1C(=O)[C@@H]2CC=CC[C@H]2C1=O)N1CCN(S(=O)(=O)c2cc(F)ccc2F)CC1. The van der Waals surface area contributed by atoms with Crippen LogP contribution in [0.25, 0.3) is 0 Å². The smallest absolute Gasteiger partial charge is 0.246 e. The van der Waals surface area contributed by atoms with E-state index in [1.807, 2.05) is 12.2 Å². The molecule has 2 aliphatic heterocycles. The summed E-state index contributed by atoms with van der Waals surface area (Å²) in [4.78, 5) is 39.5. The van der Waals surface area contributed by atoms with Gasteiger partial charge < -0.3 is 4.90 Å². The largest absolute Gasteiger partial charge is 0.340 e. The van der Waals surface area contributed by atoms with Crippen LogP contribution in [0.3, 0.4) is 0 Å². The van der Waals surface area contributed by atoms with Crippen LogP contribution in [0.15, 0.2) is 35.2 Å². The zero-order valence-electron chi connectivity index (χ0n) is 17.2. The molecule has 0 spiro atoms. The number of amides is 3. The summed E-state index contributed by atoms with van der Waals surface area (Å²) in [6.45, 7) is 0.0114. The maximum absolute atomic E-state index is 13.9. The lowest BCUT2D eigenvalue weighted by Gasteiger charge is -2.34. The number of piperazine rings is 1. The Morgan fingerprint density at radius 1 is 0.969 bits per heavy atom. The number of carbonyl (C=O) groups excluding carboxylic acids is 3. The Balaban J connectivity index is 1.33. The van der Waals surface area contributed by atoms with Gasteiger partial charge in [0.15, 0.2) is 0 Å². The molecule has 1 aliphatic carbocycles. The van der Waals surface area contributed by atoms with Crippen molar-refractivity contribution in [2.75, 3.05) is 32.7 Å². The first kappa shape index (κ1) is 22.5. The molecule has 11 heteroatoms. The van der Waals surface area contributed by atoms with E-state index in [0.717, 1.165) is 21.3 Å². The molecule has 0 unspecified atom stereocenters. The third-order valence-corrected chi connectivity index (χ3v) is 8.16. The molecule has 4 rings (SSSR count). The predicted octanol–water partition coefficient (Wildman–Crippen LogP) is 1.14. The molecule has 1 aromatic carbocycles. The van der Waals surface area contributed by atoms with Crippen LogP contribution in [-0.2, 0) is 24.4 Å². The highest BCUT2D eigenvalue weighted by Crippen LogP contribution is 2.35. The van der Waals surface area contributed by atoms with Crippen molar-refractivity contribution in [2.45, 2.75) is 24.2 Å². The molecule has 172 valence electrons. The van der Waals surface area contributed by atoms with Crippen molar-refractivity contribution >= 4 is 27.7 Å². The average molecular weight is 467 g/mol. The van der Waals surface area contributed by atoms with Gasteiger partial charge in [-0.15, -0.1) is 0 Å². The van der Waals surface area contributed by atoms with Gasteiger partial charge in [0.2, 0.25) is 27.7 Å². The number of rotatable bonds is 5. The lowest BCUT2D eigenvalue weighted by atomic mass is 9.85. The second kappa shape index (κ2) is 8.70. The highest BCUT2D eigenvalue weighted by molar-refractivity contribution is 7.89. The lowest BCUT2D eigenvalue weighted by molar-refractivity contribution is -0.141. The molecule has 0 saturated carbocycles. The minimum absolute atomic E-state index is 0.00346. The van der Waals surface area contributed by atoms with E-state index in [2.05, 4.69) is 0 Å². The number of halogens is 2. The van der Waals surface area contributed by atoms with Crippen LogP contribution in [0.4, 0.5) is 8.78 Å². The topological polar surface area (TPSA) is 95.1 Å². The molecular weight excluding hydrogens is 444 g/mol. The zero-order valence-corrected chi connectivity index (χ0v) is 18.1. The minimum Gasteiger partial charge on any atom is -0.340 e. The van der Waals surface area contributed by atoms with Crippen molar-refractivity contribution < 1.29 is 31.6 Å². The number of imide groups is 1. The van der Waals surface area contributed by atoms with Crippen LogP contribution in [0, 0.1) is 23.5 Å². The number of carbonyl (C=O) groups is 3. The molecule has 0 radical (unpaired) electrons. The number of hydrogen-bond acceptors (Lipinski definition) is 5. The highest BCUT2D eigenvalue weighted by Gasteiger charge is 2.47. The van der Waals surface area contributed by atoms with E-state index in [4.69, 9.17) is 0 Å². The molecular formula is C21H23F2N3O5S. The summed E-state index contributed by atoms with van der Waals surface area (Å²) < 4.78 is 53.7. The molecule has 8 nitrogen and oxygen atoms in total. The van der Waals surface area contributed by atoms with Gasteiger partial charge in [-0.25, -0.2) is 17.2 Å². The van der Waals surface area contributed by atoms with Crippen LogP contribution in [0.5, 0.6) is 0 Å². The van der Waals surface area contributed by atoms with Crippen molar-refractivity contribution in [3.05, 3.63) is 42.0 Å². The second-order valence-corrected chi connectivity index (χ2v) is 10.00. The van der Waals surface area contributed by atoms with Crippen LogP contribution in [0.2, 0.25) is 0 Å². The summed E-state index contributed by atoms with van der Waals surface area (Å²) in [5, 5.41) is 0. The molecule has 3 amide bonds. The van der Waals surface area contributed by atoms with Gasteiger partial charge in [-0.1, -0.05) is 12.2 Å². The summed E-state index contributed by atoms with van der Waals surface area (Å²) in [6.07, 6.45) is 4.80. The van der Waals surface area contributed by atoms with E-state index in [1.165, 1.54) is 4.90 Å². The third-order valence-electron chi connectivity index (χ3n) is 6.25. The van der Waals surface area contributed by atoms with Crippen molar-refractivity contribution in [1.82, 2.24) is 14.1 Å². The van der Waals surface area contributed by atoms with E-state index >= 15 is 0 Å². The van der Waals surface area contributed by atoms with Gasteiger partial charge in [0.25, 0.3) is 0 Å². The Morgan fingerprint density at radius 2 is 1.56 bits per heavy atom. The van der Waals surface area contributed by atoms with Gasteiger partial charge in [0.05, 0.1) is 11.8 Å². The first-order valence-corrected chi connectivity index (χ1v) is 11.9. The number of fused-ring (bicyclic) bond motifs is 1. The maximum atomic E-state index is 13.9. The number of hydrogen-bond donors (Lipinski definition) is 0. The Labute approximate surface area is 184 Å². The van der Waals surface area contributed by atoms with E-state index in [0.29, 0.717) is 18.9 Å². The molecule has 1 aromatic rings. The highest BCUT2D eigenvalue weighted by atomic mass is 32.2. The van der Waals surface area contributed by atoms with Crippen LogP contribution in [-0.4, -0.2) is 73.0 Å².